The molecule has 1 aromatic rings. The Labute approximate surface area is 128 Å². The highest BCUT2D eigenvalue weighted by atomic mass is 35.5. The Bertz CT molecular complexity index is 530. The number of ether oxygens (including phenoxy) is 2. The molecule has 1 N–H and O–H groups in total. The van der Waals surface area contributed by atoms with Gasteiger partial charge in [0.1, 0.15) is 5.75 Å². The van der Waals surface area contributed by atoms with E-state index in [9.17, 15) is 9.90 Å². The summed E-state index contributed by atoms with van der Waals surface area (Å²) in [5, 5.41) is 10.3. The quantitative estimate of drug-likeness (QED) is 0.910. The van der Waals surface area contributed by atoms with Crippen molar-refractivity contribution in [3.05, 3.63) is 28.8 Å². The minimum atomic E-state index is -0.214. The van der Waals surface area contributed by atoms with Crippen molar-refractivity contribution in [1.82, 2.24) is 4.90 Å². The van der Waals surface area contributed by atoms with E-state index in [0.29, 0.717) is 31.3 Å². The van der Waals surface area contributed by atoms with Gasteiger partial charge in [0, 0.05) is 24.0 Å². The van der Waals surface area contributed by atoms with Crippen LogP contribution in [0, 0.1) is 5.92 Å². The normalized spacial score (nSPS) is 23.5. The Morgan fingerprint density at radius 1 is 1.33 bits per heavy atom. The molecule has 5 nitrogen and oxygen atoms in total. The van der Waals surface area contributed by atoms with E-state index < -0.39 is 0 Å². The highest BCUT2D eigenvalue weighted by Gasteiger charge is 2.33. The smallest absolute Gasteiger partial charge is 0.257 e. The summed E-state index contributed by atoms with van der Waals surface area (Å²) in [5.41, 5.74) is 0.247. The maximum atomic E-state index is 12.6. The van der Waals surface area contributed by atoms with Crippen LogP contribution >= 0.6 is 11.6 Å². The molecule has 2 aliphatic rings. The predicted octanol–water partition coefficient (Wildman–Crippen LogP) is 2.27. The summed E-state index contributed by atoms with van der Waals surface area (Å²) in [6.07, 6.45) is 1.67. The van der Waals surface area contributed by atoms with Gasteiger partial charge in [0.15, 0.2) is 6.29 Å². The summed E-state index contributed by atoms with van der Waals surface area (Å²) < 4.78 is 11.1. The molecule has 0 aromatic heterocycles. The molecule has 0 bridgehead atoms. The molecule has 2 fully saturated rings. The summed E-state index contributed by atoms with van der Waals surface area (Å²) in [6.45, 7) is 2.48. The molecule has 21 heavy (non-hydrogen) atoms. The first-order valence-electron chi connectivity index (χ1n) is 7.16. The van der Waals surface area contributed by atoms with Crippen molar-refractivity contribution in [3.63, 3.8) is 0 Å². The molecule has 1 aromatic carbocycles. The number of rotatable bonds is 2. The maximum absolute atomic E-state index is 12.6. The van der Waals surface area contributed by atoms with Crippen LogP contribution in [0.4, 0.5) is 0 Å². The molecule has 0 aliphatic carbocycles. The number of piperidine rings is 1. The van der Waals surface area contributed by atoms with E-state index in [2.05, 4.69) is 0 Å². The molecule has 0 saturated carbocycles. The van der Waals surface area contributed by atoms with E-state index in [1.54, 1.807) is 11.0 Å². The SMILES string of the molecule is O=C(c1cc(Cl)ccc1O)N1CCC[C@H](C2OCCO2)C1. The molecule has 6 heteroatoms. The summed E-state index contributed by atoms with van der Waals surface area (Å²) in [4.78, 5) is 14.3. The third-order valence-corrected chi connectivity index (χ3v) is 4.20. The summed E-state index contributed by atoms with van der Waals surface area (Å²) >= 11 is 5.91. The van der Waals surface area contributed by atoms with Crippen molar-refractivity contribution in [2.24, 2.45) is 5.92 Å². The second kappa shape index (κ2) is 6.22. The molecule has 0 unspecified atom stereocenters. The van der Waals surface area contributed by atoms with Gasteiger partial charge in [-0.3, -0.25) is 4.79 Å². The molecule has 2 aliphatic heterocycles. The van der Waals surface area contributed by atoms with Crippen molar-refractivity contribution < 1.29 is 19.4 Å². The zero-order valence-corrected chi connectivity index (χ0v) is 12.4. The van der Waals surface area contributed by atoms with Crippen molar-refractivity contribution in [2.75, 3.05) is 26.3 Å². The molecule has 3 rings (SSSR count). The van der Waals surface area contributed by atoms with Gasteiger partial charge < -0.3 is 19.5 Å². The van der Waals surface area contributed by atoms with Crippen LogP contribution < -0.4 is 0 Å². The Hall–Kier alpha value is -1.30. The number of hydrogen-bond acceptors (Lipinski definition) is 4. The number of phenolic OH excluding ortho intramolecular Hbond substituents is 1. The van der Waals surface area contributed by atoms with Gasteiger partial charge in [0.05, 0.1) is 18.8 Å². The maximum Gasteiger partial charge on any atom is 0.257 e. The average molecular weight is 312 g/mol. The van der Waals surface area contributed by atoms with Gasteiger partial charge in [-0.05, 0) is 31.0 Å². The number of nitrogens with zero attached hydrogens (tertiary/aromatic N) is 1. The lowest BCUT2D eigenvalue weighted by atomic mass is 9.96. The first kappa shape index (κ1) is 14.6. The van der Waals surface area contributed by atoms with Gasteiger partial charge in [0.25, 0.3) is 5.91 Å². The number of aromatic hydroxyl groups is 1. The molecule has 0 spiro atoms. The van der Waals surface area contributed by atoms with Gasteiger partial charge in [-0.2, -0.15) is 0 Å². The Balaban J connectivity index is 1.73. The molecular weight excluding hydrogens is 294 g/mol. The monoisotopic (exact) mass is 311 g/mol. The third-order valence-electron chi connectivity index (χ3n) is 3.97. The van der Waals surface area contributed by atoms with Gasteiger partial charge in [0.2, 0.25) is 0 Å². The fourth-order valence-corrected chi connectivity index (χ4v) is 3.09. The minimum absolute atomic E-state index is 0.0418. The van der Waals surface area contributed by atoms with Gasteiger partial charge in [-0.1, -0.05) is 11.6 Å². The molecule has 1 amide bonds. The fraction of sp³-hybridized carbons (Fsp3) is 0.533. The van der Waals surface area contributed by atoms with Gasteiger partial charge in [-0.25, -0.2) is 0 Å². The van der Waals surface area contributed by atoms with E-state index in [1.165, 1.54) is 12.1 Å². The van der Waals surface area contributed by atoms with Crippen LogP contribution in [0.3, 0.4) is 0 Å². The number of phenols is 1. The lowest BCUT2D eigenvalue weighted by molar-refractivity contribution is -0.0969. The van der Waals surface area contributed by atoms with Crippen LogP contribution in [0.5, 0.6) is 5.75 Å². The number of carbonyl (C=O) groups is 1. The fourth-order valence-electron chi connectivity index (χ4n) is 2.92. The standard InChI is InChI=1S/C15H18ClNO4/c16-11-3-4-13(18)12(8-11)14(19)17-5-1-2-10(9-17)15-20-6-7-21-15/h3-4,8,10,15,18H,1-2,5-7,9H2/t10-/m0/s1. The minimum Gasteiger partial charge on any atom is -0.507 e. The van der Waals surface area contributed by atoms with Crippen LogP contribution in [-0.2, 0) is 9.47 Å². The Kier molecular flexibility index (Phi) is 4.33. The Morgan fingerprint density at radius 3 is 2.86 bits per heavy atom. The van der Waals surface area contributed by atoms with Gasteiger partial charge in [-0.15, -0.1) is 0 Å². The number of likely N-dealkylation sites (tertiary alicyclic amines) is 1. The van der Waals surface area contributed by atoms with E-state index >= 15 is 0 Å². The number of amides is 1. The van der Waals surface area contributed by atoms with Crippen molar-refractivity contribution in [1.29, 1.82) is 0 Å². The average Bonchev–Trinajstić information content (AvgIpc) is 3.03. The zero-order valence-electron chi connectivity index (χ0n) is 11.6. The highest BCUT2D eigenvalue weighted by molar-refractivity contribution is 6.31. The zero-order chi connectivity index (χ0) is 14.8. The lowest BCUT2D eigenvalue weighted by Crippen LogP contribution is -2.43. The largest absolute Gasteiger partial charge is 0.507 e. The molecular formula is C15H18ClNO4. The second-order valence-electron chi connectivity index (χ2n) is 5.42. The topological polar surface area (TPSA) is 59.0 Å². The third kappa shape index (κ3) is 3.15. The van der Waals surface area contributed by atoms with Crippen LogP contribution in [0.2, 0.25) is 5.02 Å². The highest BCUT2D eigenvalue weighted by Crippen LogP contribution is 2.28. The molecule has 2 saturated heterocycles. The lowest BCUT2D eigenvalue weighted by Gasteiger charge is -2.34. The number of hydrogen-bond donors (Lipinski definition) is 1. The summed E-state index contributed by atoms with van der Waals surface area (Å²) in [7, 11) is 0. The van der Waals surface area contributed by atoms with E-state index in [0.717, 1.165) is 12.8 Å². The summed E-state index contributed by atoms with van der Waals surface area (Å²) in [6, 6.07) is 4.51. The van der Waals surface area contributed by atoms with Crippen LogP contribution in [0.1, 0.15) is 23.2 Å². The van der Waals surface area contributed by atoms with Crippen molar-refractivity contribution >= 4 is 17.5 Å². The van der Waals surface area contributed by atoms with E-state index in [-0.39, 0.29) is 29.4 Å². The first-order valence-corrected chi connectivity index (χ1v) is 7.54. The van der Waals surface area contributed by atoms with Crippen LogP contribution in [-0.4, -0.2) is 48.5 Å². The van der Waals surface area contributed by atoms with Crippen LogP contribution in [0.15, 0.2) is 18.2 Å². The van der Waals surface area contributed by atoms with E-state index in [4.69, 9.17) is 21.1 Å². The number of carbonyl (C=O) groups excluding carboxylic acids is 1. The molecule has 1 atom stereocenters. The van der Waals surface area contributed by atoms with E-state index in [1.807, 2.05) is 0 Å². The Morgan fingerprint density at radius 2 is 2.10 bits per heavy atom. The predicted molar refractivity (Wildman–Crippen MR) is 77.4 cm³/mol. The number of benzene rings is 1. The van der Waals surface area contributed by atoms with Gasteiger partial charge >= 0.3 is 0 Å². The number of halogens is 1. The van der Waals surface area contributed by atoms with Crippen molar-refractivity contribution in [2.45, 2.75) is 19.1 Å². The second-order valence-corrected chi connectivity index (χ2v) is 5.86. The first-order chi connectivity index (χ1) is 10.1. The molecule has 0 radical (unpaired) electrons. The van der Waals surface area contributed by atoms with Crippen molar-refractivity contribution in [3.8, 4) is 5.75 Å². The molecule has 114 valence electrons. The van der Waals surface area contributed by atoms with Crippen LogP contribution in [0.25, 0.3) is 0 Å². The molecule has 2 heterocycles. The summed E-state index contributed by atoms with van der Waals surface area (Å²) in [5.74, 6) is -0.0517.